The highest BCUT2D eigenvalue weighted by atomic mass is 31.2. The fourth-order valence-electron chi connectivity index (χ4n) is 6.02. The Balaban J connectivity index is 1.35. The van der Waals surface area contributed by atoms with Crippen LogP contribution in [0.2, 0.25) is 0 Å². The number of aromatic nitrogens is 2. The lowest BCUT2D eigenvalue weighted by molar-refractivity contribution is -0.450. The molecule has 0 bridgehead atoms. The molecule has 3 aliphatic rings. The first-order valence-corrected chi connectivity index (χ1v) is 15.4. The van der Waals surface area contributed by atoms with E-state index in [9.17, 15) is 29.6 Å². The molecule has 15 heteroatoms. The number of carbonyl (C=O) groups excluding carboxylic acids is 1. The number of ether oxygens (including phenoxy) is 3. The summed E-state index contributed by atoms with van der Waals surface area (Å²) < 4.78 is 36.5. The smallest absolute Gasteiger partial charge is 0.374 e. The molecule has 4 heterocycles. The van der Waals surface area contributed by atoms with E-state index in [4.69, 9.17) is 18.7 Å². The molecule has 2 aliphatic heterocycles. The number of pyridine rings is 1. The molecule has 1 amide bonds. The maximum atomic E-state index is 13.2. The minimum atomic E-state index is -3.82. The number of amides is 1. The quantitative estimate of drug-likeness (QED) is 0.229. The van der Waals surface area contributed by atoms with Crippen molar-refractivity contribution in [3.8, 4) is 5.88 Å². The van der Waals surface area contributed by atoms with Gasteiger partial charge in [0.15, 0.2) is 0 Å². The number of rotatable bonds is 7. The lowest BCUT2D eigenvalue weighted by Gasteiger charge is -2.58. The Morgan fingerprint density at radius 3 is 2.70 bits per heavy atom. The predicted molar refractivity (Wildman–Crippen MR) is 139 cm³/mol. The van der Waals surface area contributed by atoms with Crippen LogP contribution in [0.5, 0.6) is 5.88 Å². The second-order valence-electron chi connectivity index (χ2n) is 10.8. The van der Waals surface area contributed by atoms with Crippen molar-refractivity contribution < 1.29 is 48.3 Å². The third-order valence-electron chi connectivity index (χ3n) is 7.87. The van der Waals surface area contributed by atoms with Gasteiger partial charge in [-0.05, 0) is 38.9 Å². The standard InChI is InChI=1S/C25H37N4O10P/c1-5-14-20(31)19(26-3)22-23(21(14)32)37-24-25(33,38-22)15(9-12(2)36-24)28-17(30)10-13-11-29-16(27-13)7-6-8-18(29)39-40(4,34)35/h6-8,11-12,14-15,19-24,26,31-33H,5,9-10H2,1-4H3,(H,28,30)(H,34,35)/t12-,14-,15-,19+,20+,21+,22-,23-,24+,25+/m1/s1. The summed E-state index contributed by atoms with van der Waals surface area (Å²) in [7, 11) is -2.17. The van der Waals surface area contributed by atoms with Gasteiger partial charge in [-0.3, -0.25) is 9.20 Å². The number of nitrogens with zero attached hydrogens (tertiary/aromatic N) is 2. The predicted octanol–water partition coefficient (Wildman–Crippen LogP) is -0.487. The maximum absolute atomic E-state index is 13.2. The highest BCUT2D eigenvalue weighted by Crippen LogP contribution is 2.43. The van der Waals surface area contributed by atoms with Gasteiger partial charge in [0.25, 0.3) is 0 Å². The fraction of sp³-hybridized carbons (Fsp3) is 0.680. The number of carbonyl (C=O) groups is 1. The van der Waals surface area contributed by atoms with Crippen molar-refractivity contribution in [1.29, 1.82) is 0 Å². The number of likely N-dealkylation sites (N-methyl/N-ethyl adjacent to an activating group) is 1. The number of fused-ring (bicyclic) bond motifs is 3. The Bertz CT molecular complexity index is 1290. The molecule has 6 N–H and O–H groups in total. The molecule has 2 aromatic rings. The first kappa shape index (κ1) is 29.4. The van der Waals surface area contributed by atoms with Crippen LogP contribution in [0.15, 0.2) is 24.4 Å². The van der Waals surface area contributed by atoms with Crippen molar-refractivity contribution in [2.24, 2.45) is 5.92 Å². The maximum Gasteiger partial charge on any atom is 0.374 e. The van der Waals surface area contributed by atoms with Crippen molar-refractivity contribution in [3.05, 3.63) is 30.1 Å². The van der Waals surface area contributed by atoms with Crippen LogP contribution in [-0.4, -0.2) is 104 Å². The monoisotopic (exact) mass is 584 g/mol. The van der Waals surface area contributed by atoms with Crippen LogP contribution < -0.4 is 15.2 Å². The van der Waals surface area contributed by atoms with E-state index in [1.165, 1.54) is 16.7 Å². The molecule has 2 saturated heterocycles. The second kappa shape index (κ2) is 10.9. The van der Waals surface area contributed by atoms with Gasteiger partial charge in [0.2, 0.25) is 23.9 Å². The highest BCUT2D eigenvalue weighted by Gasteiger charge is 2.63. The Labute approximate surface area is 231 Å². The van der Waals surface area contributed by atoms with Gasteiger partial charge in [0.05, 0.1) is 42.5 Å². The molecular weight excluding hydrogens is 547 g/mol. The van der Waals surface area contributed by atoms with Crippen molar-refractivity contribution >= 4 is 19.2 Å². The summed E-state index contributed by atoms with van der Waals surface area (Å²) in [6.45, 7) is 4.71. The third-order valence-corrected chi connectivity index (χ3v) is 8.40. The van der Waals surface area contributed by atoms with Gasteiger partial charge in [0, 0.05) is 18.8 Å². The molecule has 1 aliphatic carbocycles. The Morgan fingerprint density at radius 2 is 2.02 bits per heavy atom. The summed E-state index contributed by atoms with van der Waals surface area (Å²) >= 11 is 0. The molecule has 2 aromatic heterocycles. The van der Waals surface area contributed by atoms with Crippen LogP contribution in [0.25, 0.3) is 5.65 Å². The van der Waals surface area contributed by atoms with Crippen molar-refractivity contribution in [2.75, 3.05) is 13.7 Å². The molecule has 11 atom stereocenters. The molecule has 40 heavy (non-hydrogen) atoms. The molecule has 0 spiro atoms. The van der Waals surface area contributed by atoms with Gasteiger partial charge in [-0.25, -0.2) is 9.55 Å². The van der Waals surface area contributed by atoms with E-state index in [-0.39, 0.29) is 18.7 Å². The largest absolute Gasteiger partial charge is 0.408 e. The fourth-order valence-corrected chi connectivity index (χ4v) is 6.52. The zero-order valence-electron chi connectivity index (χ0n) is 22.7. The van der Waals surface area contributed by atoms with Gasteiger partial charge in [-0.2, -0.15) is 0 Å². The van der Waals surface area contributed by atoms with Gasteiger partial charge in [0.1, 0.15) is 17.9 Å². The van der Waals surface area contributed by atoms with Crippen LogP contribution in [0.3, 0.4) is 0 Å². The average molecular weight is 585 g/mol. The number of aliphatic hydroxyl groups is 3. The summed E-state index contributed by atoms with van der Waals surface area (Å²) in [6, 6.07) is 3.20. The lowest BCUT2D eigenvalue weighted by Crippen LogP contribution is -2.77. The van der Waals surface area contributed by atoms with Crippen LogP contribution >= 0.6 is 7.60 Å². The van der Waals surface area contributed by atoms with Gasteiger partial charge < -0.3 is 49.6 Å². The Hall–Kier alpha value is -2.13. The number of hydrogen-bond acceptors (Lipinski definition) is 11. The highest BCUT2D eigenvalue weighted by molar-refractivity contribution is 7.52. The Kier molecular flexibility index (Phi) is 8.03. The topological polar surface area (TPSA) is 193 Å². The zero-order valence-corrected chi connectivity index (χ0v) is 23.6. The van der Waals surface area contributed by atoms with E-state index in [2.05, 4.69) is 15.6 Å². The van der Waals surface area contributed by atoms with Crippen LogP contribution in [0.4, 0.5) is 0 Å². The summed E-state index contributed by atoms with van der Waals surface area (Å²) in [5.74, 6) is -2.93. The minimum Gasteiger partial charge on any atom is -0.408 e. The van der Waals surface area contributed by atoms with Gasteiger partial charge >= 0.3 is 7.60 Å². The van der Waals surface area contributed by atoms with Gasteiger partial charge in [-0.1, -0.05) is 13.0 Å². The van der Waals surface area contributed by atoms with E-state index in [1.807, 2.05) is 6.92 Å². The molecule has 14 nitrogen and oxygen atoms in total. The molecule has 0 aromatic carbocycles. The first-order chi connectivity index (χ1) is 18.8. The van der Waals surface area contributed by atoms with Gasteiger partial charge in [-0.15, -0.1) is 0 Å². The number of imidazole rings is 1. The minimum absolute atomic E-state index is 0.101. The molecule has 0 radical (unpaired) electrons. The first-order valence-electron chi connectivity index (χ1n) is 13.3. The number of aliphatic hydroxyl groups excluding tert-OH is 2. The molecule has 1 saturated carbocycles. The van der Waals surface area contributed by atoms with Crippen molar-refractivity contribution in [3.63, 3.8) is 0 Å². The number of nitrogens with one attached hydrogen (secondary N) is 2. The zero-order chi connectivity index (χ0) is 29.0. The SMILES string of the molecule is CC[C@@H]1[C@H](O)[C@H](NC)[C@H]2O[C@]3(O)[C@H](O[C@@H]2[C@H]1O)O[C@H](C)C[C@H]3NC(=O)Cc1cn2c(OP(C)(=O)O)cccc2n1. The summed E-state index contributed by atoms with van der Waals surface area (Å²) in [5.41, 5.74) is 0.779. The molecule has 5 rings (SSSR count). The van der Waals surface area contributed by atoms with E-state index < -0.39 is 74.1 Å². The summed E-state index contributed by atoms with van der Waals surface area (Å²) in [6.07, 6.45) is -3.43. The van der Waals surface area contributed by atoms with Crippen LogP contribution in [0, 0.1) is 5.92 Å². The van der Waals surface area contributed by atoms with E-state index in [0.717, 1.165) is 6.66 Å². The second-order valence-corrected chi connectivity index (χ2v) is 12.6. The summed E-state index contributed by atoms with van der Waals surface area (Å²) in [4.78, 5) is 27.2. The van der Waals surface area contributed by atoms with Crippen molar-refractivity contribution in [1.82, 2.24) is 20.0 Å². The van der Waals surface area contributed by atoms with E-state index in [1.54, 1.807) is 26.1 Å². The number of hydrogen-bond donors (Lipinski definition) is 6. The van der Waals surface area contributed by atoms with E-state index >= 15 is 0 Å². The van der Waals surface area contributed by atoms with Crippen LogP contribution in [-0.2, 0) is 30.0 Å². The molecular formula is C25H37N4O10P. The van der Waals surface area contributed by atoms with E-state index in [0.29, 0.717) is 17.8 Å². The third kappa shape index (κ3) is 5.40. The van der Waals surface area contributed by atoms with Crippen molar-refractivity contribution in [2.45, 2.75) is 87.8 Å². The summed E-state index contributed by atoms with van der Waals surface area (Å²) in [5, 5.41) is 39.4. The Morgan fingerprint density at radius 1 is 1.27 bits per heavy atom. The lowest BCUT2D eigenvalue weighted by atomic mass is 9.74. The van der Waals surface area contributed by atoms with Crippen LogP contribution in [0.1, 0.15) is 32.4 Å². The normalized spacial score (nSPS) is 39.1. The molecule has 1 unspecified atom stereocenters. The molecule has 222 valence electrons. The molecule has 3 fully saturated rings. The average Bonchev–Trinajstić information content (AvgIpc) is 3.27.